The van der Waals surface area contributed by atoms with E-state index in [0.717, 1.165) is 5.56 Å². The van der Waals surface area contributed by atoms with E-state index in [9.17, 15) is 18.0 Å². The van der Waals surface area contributed by atoms with Crippen molar-refractivity contribution < 1.29 is 22.7 Å². The Labute approximate surface area is 113 Å². The van der Waals surface area contributed by atoms with Gasteiger partial charge in [-0.1, -0.05) is 11.6 Å². The lowest BCUT2D eigenvalue weighted by atomic mass is 10.0. The fraction of sp³-hybridized carbons (Fsp3) is 0.133. The fourth-order valence-electron chi connectivity index (χ4n) is 1.76. The molecule has 0 saturated heterocycles. The number of hydrogen-bond donors (Lipinski definition) is 0. The molecular formula is C15H11F3O2. The van der Waals surface area contributed by atoms with Crippen LogP contribution in [-0.2, 0) is 0 Å². The third-order valence-corrected chi connectivity index (χ3v) is 2.71. The first-order valence-corrected chi connectivity index (χ1v) is 5.83. The van der Waals surface area contributed by atoms with Gasteiger partial charge in [-0.3, -0.25) is 4.79 Å². The highest BCUT2D eigenvalue weighted by Crippen LogP contribution is 2.19. The van der Waals surface area contributed by atoms with E-state index in [1.807, 2.05) is 0 Å². The predicted molar refractivity (Wildman–Crippen MR) is 67.6 cm³/mol. The highest BCUT2D eigenvalue weighted by Gasteiger charge is 2.14. The molecule has 2 rings (SSSR count). The zero-order chi connectivity index (χ0) is 14.7. The average Bonchev–Trinajstić information content (AvgIpc) is 2.41. The Balaban J connectivity index is 2.27. The minimum Gasteiger partial charge on any atom is -0.435 e. The second kappa shape index (κ2) is 5.77. The summed E-state index contributed by atoms with van der Waals surface area (Å²) in [5, 5.41) is 0. The van der Waals surface area contributed by atoms with Crippen molar-refractivity contribution in [1.29, 1.82) is 0 Å². The molecule has 0 aliphatic rings. The number of carbonyl (C=O) groups excluding carboxylic acids is 1. The molecule has 0 unspecified atom stereocenters. The van der Waals surface area contributed by atoms with Crippen molar-refractivity contribution in [2.75, 3.05) is 0 Å². The number of ketones is 1. The number of rotatable bonds is 4. The number of halogens is 3. The largest absolute Gasteiger partial charge is 0.435 e. The summed E-state index contributed by atoms with van der Waals surface area (Å²) in [6.07, 6.45) is 0. The normalized spacial score (nSPS) is 10.7. The molecule has 0 spiro atoms. The molecule has 0 aromatic heterocycles. The van der Waals surface area contributed by atoms with Crippen LogP contribution in [0.2, 0.25) is 0 Å². The van der Waals surface area contributed by atoms with Crippen molar-refractivity contribution in [3.63, 3.8) is 0 Å². The van der Waals surface area contributed by atoms with Crippen LogP contribution in [0.15, 0.2) is 42.5 Å². The summed E-state index contributed by atoms with van der Waals surface area (Å²) in [6.45, 7) is -1.18. The van der Waals surface area contributed by atoms with Gasteiger partial charge in [-0.2, -0.15) is 8.78 Å². The second-order valence-corrected chi connectivity index (χ2v) is 4.22. The minimum atomic E-state index is -2.93. The fourth-order valence-corrected chi connectivity index (χ4v) is 1.76. The van der Waals surface area contributed by atoms with Crippen LogP contribution in [0.3, 0.4) is 0 Å². The van der Waals surface area contributed by atoms with Gasteiger partial charge in [-0.05, 0) is 43.3 Å². The zero-order valence-electron chi connectivity index (χ0n) is 10.6. The SMILES string of the molecule is Cc1ccc(F)c(C(=O)c2ccc(OC(F)F)cc2)c1. The monoisotopic (exact) mass is 280 g/mol. The quantitative estimate of drug-likeness (QED) is 0.792. The lowest BCUT2D eigenvalue weighted by Crippen LogP contribution is -2.06. The van der Waals surface area contributed by atoms with E-state index in [4.69, 9.17) is 0 Å². The molecule has 0 bridgehead atoms. The Bertz CT molecular complexity index is 622. The molecule has 2 nitrogen and oxygen atoms in total. The predicted octanol–water partition coefficient (Wildman–Crippen LogP) is 3.97. The van der Waals surface area contributed by atoms with Gasteiger partial charge in [0.2, 0.25) is 0 Å². The van der Waals surface area contributed by atoms with Gasteiger partial charge in [-0.15, -0.1) is 0 Å². The molecule has 0 amide bonds. The van der Waals surface area contributed by atoms with Crippen molar-refractivity contribution in [2.24, 2.45) is 0 Å². The molecule has 0 N–H and O–H groups in total. The van der Waals surface area contributed by atoms with Gasteiger partial charge in [0, 0.05) is 5.56 Å². The van der Waals surface area contributed by atoms with Crippen molar-refractivity contribution in [1.82, 2.24) is 0 Å². The summed E-state index contributed by atoms with van der Waals surface area (Å²) < 4.78 is 41.8. The van der Waals surface area contributed by atoms with Crippen molar-refractivity contribution in [3.8, 4) is 5.75 Å². The molecular weight excluding hydrogens is 269 g/mol. The maximum Gasteiger partial charge on any atom is 0.387 e. The molecule has 0 aliphatic carbocycles. The van der Waals surface area contributed by atoms with Crippen molar-refractivity contribution >= 4 is 5.78 Å². The number of carbonyl (C=O) groups is 1. The summed E-state index contributed by atoms with van der Waals surface area (Å²) in [5.74, 6) is -1.18. The molecule has 5 heteroatoms. The van der Waals surface area contributed by atoms with Gasteiger partial charge in [-0.25, -0.2) is 4.39 Å². The topological polar surface area (TPSA) is 26.3 Å². The van der Waals surface area contributed by atoms with E-state index in [0.29, 0.717) is 0 Å². The van der Waals surface area contributed by atoms with E-state index in [-0.39, 0.29) is 16.9 Å². The van der Waals surface area contributed by atoms with Gasteiger partial charge in [0.25, 0.3) is 0 Å². The van der Waals surface area contributed by atoms with Crippen LogP contribution >= 0.6 is 0 Å². The van der Waals surface area contributed by atoms with E-state index in [2.05, 4.69) is 4.74 Å². The molecule has 0 atom stereocenters. The lowest BCUT2D eigenvalue weighted by molar-refractivity contribution is -0.0498. The first-order chi connectivity index (χ1) is 9.47. The number of aryl methyl sites for hydroxylation is 1. The summed E-state index contributed by atoms with van der Waals surface area (Å²) in [5.41, 5.74) is 0.913. The van der Waals surface area contributed by atoms with Crippen LogP contribution in [-0.4, -0.2) is 12.4 Å². The first-order valence-electron chi connectivity index (χ1n) is 5.83. The van der Waals surface area contributed by atoms with Crippen LogP contribution in [0.25, 0.3) is 0 Å². The molecule has 0 radical (unpaired) electrons. The Morgan fingerprint density at radius 1 is 1.10 bits per heavy atom. The molecule has 2 aromatic carbocycles. The van der Waals surface area contributed by atoms with Crippen LogP contribution in [0.1, 0.15) is 21.5 Å². The van der Waals surface area contributed by atoms with E-state index >= 15 is 0 Å². The number of ether oxygens (including phenoxy) is 1. The minimum absolute atomic E-state index is 0.0486. The van der Waals surface area contributed by atoms with Crippen LogP contribution in [0, 0.1) is 12.7 Å². The van der Waals surface area contributed by atoms with Crippen LogP contribution < -0.4 is 4.74 Å². The van der Waals surface area contributed by atoms with Gasteiger partial charge in [0.1, 0.15) is 11.6 Å². The smallest absolute Gasteiger partial charge is 0.387 e. The van der Waals surface area contributed by atoms with Gasteiger partial charge < -0.3 is 4.74 Å². The summed E-state index contributed by atoms with van der Waals surface area (Å²) in [6, 6.07) is 9.35. The summed E-state index contributed by atoms with van der Waals surface area (Å²) in [7, 11) is 0. The van der Waals surface area contributed by atoms with Crippen molar-refractivity contribution in [3.05, 3.63) is 65.0 Å². The molecule has 0 heterocycles. The average molecular weight is 280 g/mol. The van der Waals surface area contributed by atoms with Gasteiger partial charge in [0.05, 0.1) is 5.56 Å². The summed E-state index contributed by atoms with van der Waals surface area (Å²) in [4.78, 5) is 12.1. The number of hydrogen-bond acceptors (Lipinski definition) is 2. The first kappa shape index (κ1) is 14.1. The Morgan fingerprint density at radius 2 is 1.75 bits per heavy atom. The molecule has 0 aliphatic heterocycles. The molecule has 0 fully saturated rings. The van der Waals surface area contributed by atoms with Crippen LogP contribution in [0.5, 0.6) is 5.75 Å². The zero-order valence-corrected chi connectivity index (χ0v) is 10.6. The third kappa shape index (κ3) is 3.17. The number of alkyl halides is 2. The molecule has 2 aromatic rings. The maximum absolute atomic E-state index is 13.6. The third-order valence-electron chi connectivity index (χ3n) is 2.71. The molecule has 104 valence electrons. The van der Waals surface area contributed by atoms with E-state index < -0.39 is 18.2 Å². The maximum atomic E-state index is 13.6. The highest BCUT2D eigenvalue weighted by atomic mass is 19.3. The molecule has 20 heavy (non-hydrogen) atoms. The second-order valence-electron chi connectivity index (χ2n) is 4.22. The van der Waals surface area contributed by atoms with Crippen LogP contribution in [0.4, 0.5) is 13.2 Å². The Morgan fingerprint density at radius 3 is 2.35 bits per heavy atom. The Kier molecular flexibility index (Phi) is 4.08. The Hall–Kier alpha value is -2.30. The standard InChI is InChI=1S/C15H11F3O2/c1-9-2-7-13(16)12(8-9)14(19)10-3-5-11(6-4-10)20-15(17)18/h2-8,15H,1H3. The highest BCUT2D eigenvalue weighted by molar-refractivity contribution is 6.09. The van der Waals surface area contributed by atoms with Crippen molar-refractivity contribution in [2.45, 2.75) is 13.5 Å². The van der Waals surface area contributed by atoms with E-state index in [1.54, 1.807) is 13.0 Å². The van der Waals surface area contributed by atoms with Gasteiger partial charge >= 0.3 is 6.61 Å². The number of benzene rings is 2. The lowest BCUT2D eigenvalue weighted by Gasteiger charge is -2.06. The summed E-state index contributed by atoms with van der Waals surface area (Å²) >= 11 is 0. The van der Waals surface area contributed by atoms with E-state index in [1.165, 1.54) is 36.4 Å². The van der Waals surface area contributed by atoms with Gasteiger partial charge in [0.15, 0.2) is 5.78 Å². The molecule has 0 saturated carbocycles.